The van der Waals surface area contributed by atoms with Gasteiger partial charge in [0.2, 0.25) is 0 Å². The molecule has 0 radical (unpaired) electrons. The molecule has 0 aliphatic heterocycles. The highest BCUT2D eigenvalue weighted by Gasteiger charge is 2.59. The van der Waals surface area contributed by atoms with Crippen molar-refractivity contribution in [2.75, 3.05) is 0 Å². The lowest BCUT2D eigenvalue weighted by molar-refractivity contribution is 0.633. The van der Waals surface area contributed by atoms with Crippen LogP contribution in [0, 0.1) is 0 Å². The quantitative estimate of drug-likeness (QED) is 0.176. The molecule has 3 aliphatic carbocycles. The average Bonchev–Trinajstić information content (AvgIpc) is 4.05. The van der Waals surface area contributed by atoms with Crippen molar-refractivity contribution in [3.8, 4) is 67.3 Å². The number of benzene rings is 10. The van der Waals surface area contributed by atoms with Crippen LogP contribution >= 0.6 is 11.3 Å². The molecule has 69 heavy (non-hydrogen) atoms. The van der Waals surface area contributed by atoms with E-state index in [0.29, 0.717) is 5.82 Å². The van der Waals surface area contributed by atoms with Gasteiger partial charge in [0, 0.05) is 36.9 Å². The van der Waals surface area contributed by atoms with Gasteiger partial charge in [-0.2, -0.15) is 0 Å². The topological polar surface area (TPSA) is 25.8 Å². The summed E-state index contributed by atoms with van der Waals surface area (Å²) in [5.41, 5.74) is 21.8. The molecule has 10 aromatic carbocycles. The summed E-state index contributed by atoms with van der Waals surface area (Å²) in [5.74, 6) is 0.703. The summed E-state index contributed by atoms with van der Waals surface area (Å²) in [7, 11) is 0. The first kappa shape index (κ1) is 38.6. The molecule has 320 valence electrons. The summed E-state index contributed by atoms with van der Waals surface area (Å²) in [6.45, 7) is 0. The number of hydrogen-bond donors (Lipinski definition) is 0. The molecule has 3 heteroatoms. The maximum atomic E-state index is 5.44. The fourth-order valence-electron chi connectivity index (χ4n) is 12.7. The van der Waals surface area contributed by atoms with E-state index >= 15 is 0 Å². The van der Waals surface area contributed by atoms with E-state index in [0.717, 1.165) is 28.1 Å². The Bertz CT molecular complexity index is 3980. The van der Waals surface area contributed by atoms with E-state index in [4.69, 9.17) is 9.97 Å². The third-order valence-electron chi connectivity index (χ3n) is 15.4. The Labute approximate surface area is 404 Å². The predicted molar refractivity (Wildman–Crippen MR) is 285 cm³/mol. The normalized spacial score (nSPS) is 14.0. The third-order valence-corrected chi connectivity index (χ3v) is 16.5. The molecule has 3 aliphatic rings. The summed E-state index contributed by atoms with van der Waals surface area (Å²) in [6.07, 6.45) is 0. The number of hydrogen-bond acceptors (Lipinski definition) is 3. The van der Waals surface area contributed by atoms with E-state index in [1.807, 2.05) is 11.3 Å². The van der Waals surface area contributed by atoms with Gasteiger partial charge in [-0.25, -0.2) is 9.97 Å². The first-order chi connectivity index (χ1) is 34.2. The van der Waals surface area contributed by atoms with E-state index < -0.39 is 10.8 Å². The molecule has 0 N–H and O–H groups in total. The van der Waals surface area contributed by atoms with Crippen LogP contribution in [0.15, 0.2) is 243 Å². The molecular formula is C66H40N2S. The number of thiophene rings is 1. The van der Waals surface area contributed by atoms with Crippen LogP contribution in [0.3, 0.4) is 0 Å². The highest BCUT2D eigenvalue weighted by atomic mass is 32.1. The van der Waals surface area contributed by atoms with Crippen molar-refractivity contribution < 1.29 is 0 Å². The predicted octanol–water partition coefficient (Wildman–Crippen LogP) is 16.6. The number of aromatic nitrogens is 2. The summed E-state index contributed by atoms with van der Waals surface area (Å²) in [6, 6.07) is 90.0. The average molecular weight is 893 g/mol. The second-order valence-corrected chi connectivity index (χ2v) is 19.8. The molecule has 0 saturated heterocycles. The van der Waals surface area contributed by atoms with E-state index in [1.54, 1.807) is 0 Å². The minimum Gasteiger partial charge on any atom is -0.228 e. The molecule has 0 bridgehead atoms. The Morgan fingerprint density at radius 3 is 1.41 bits per heavy atom. The van der Waals surface area contributed by atoms with E-state index in [1.165, 1.54) is 98.1 Å². The maximum absolute atomic E-state index is 5.44. The highest BCUT2D eigenvalue weighted by Crippen LogP contribution is 2.68. The molecule has 0 fully saturated rings. The van der Waals surface area contributed by atoms with Gasteiger partial charge in [-0.1, -0.05) is 218 Å². The molecule has 12 aromatic rings. The van der Waals surface area contributed by atoms with Gasteiger partial charge in [0.05, 0.1) is 22.2 Å². The van der Waals surface area contributed by atoms with Crippen LogP contribution in [-0.2, 0) is 10.8 Å². The molecule has 2 aromatic heterocycles. The molecule has 2 heterocycles. The van der Waals surface area contributed by atoms with Gasteiger partial charge in [-0.15, -0.1) is 11.3 Å². The Hall–Kier alpha value is -8.50. The highest BCUT2D eigenvalue weighted by molar-refractivity contribution is 7.26. The smallest absolute Gasteiger partial charge is 0.160 e. The fraction of sp³-hybridized carbons (Fsp3) is 0.0303. The van der Waals surface area contributed by atoms with Crippen LogP contribution < -0.4 is 0 Å². The monoisotopic (exact) mass is 892 g/mol. The molecular weight excluding hydrogens is 853 g/mol. The fourth-order valence-corrected chi connectivity index (χ4v) is 13.8. The zero-order chi connectivity index (χ0) is 45.3. The van der Waals surface area contributed by atoms with Crippen LogP contribution in [0.5, 0.6) is 0 Å². The van der Waals surface area contributed by atoms with Crippen molar-refractivity contribution in [2.24, 2.45) is 0 Å². The molecule has 2 spiro atoms. The zero-order valence-electron chi connectivity index (χ0n) is 37.4. The van der Waals surface area contributed by atoms with Crippen molar-refractivity contribution in [3.05, 3.63) is 287 Å². The molecule has 0 atom stereocenters. The summed E-state index contributed by atoms with van der Waals surface area (Å²) < 4.78 is 2.61. The SMILES string of the molecule is c1ccc(-c2ccc(-c3cc(-c4ccc5c(c4)C4(c6ccccc6C6(c7ccccc7-c7ccccc76)c6ccccc64)c4ccc6sc7ccccc7c6c4-5)nc(-c4ccccc4)n3)cc2)cc1. The summed E-state index contributed by atoms with van der Waals surface area (Å²) in [4.78, 5) is 10.7. The number of fused-ring (bicyclic) bond motifs is 20. The molecule has 0 amide bonds. The Morgan fingerprint density at radius 2 is 0.768 bits per heavy atom. The lowest BCUT2D eigenvalue weighted by Gasteiger charge is -2.48. The van der Waals surface area contributed by atoms with Crippen LogP contribution in [0.4, 0.5) is 0 Å². The second-order valence-electron chi connectivity index (χ2n) is 18.7. The molecule has 0 saturated carbocycles. The summed E-state index contributed by atoms with van der Waals surface area (Å²) >= 11 is 1.89. The van der Waals surface area contributed by atoms with Crippen LogP contribution in [0.2, 0.25) is 0 Å². The largest absolute Gasteiger partial charge is 0.228 e. The van der Waals surface area contributed by atoms with E-state index in [-0.39, 0.29) is 0 Å². The molecule has 2 nitrogen and oxygen atoms in total. The van der Waals surface area contributed by atoms with Gasteiger partial charge < -0.3 is 0 Å². The zero-order valence-corrected chi connectivity index (χ0v) is 38.2. The number of nitrogens with zero attached hydrogens (tertiary/aromatic N) is 2. The van der Waals surface area contributed by atoms with Crippen LogP contribution in [0.1, 0.15) is 44.5 Å². The Balaban J connectivity index is 1.03. The van der Waals surface area contributed by atoms with E-state index in [9.17, 15) is 0 Å². The van der Waals surface area contributed by atoms with Crippen LogP contribution in [0.25, 0.3) is 87.5 Å². The minimum atomic E-state index is -0.659. The number of rotatable bonds is 4. The lowest BCUT2D eigenvalue weighted by Crippen LogP contribution is -2.43. The molecule has 15 rings (SSSR count). The van der Waals surface area contributed by atoms with Crippen molar-refractivity contribution in [1.82, 2.24) is 9.97 Å². The lowest BCUT2D eigenvalue weighted by atomic mass is 9.52. The molecule has 0 unspecified atom stereocenters. The van der Waals surface area contributed by atoms with Gasteiger partial charge >= 0.3 is 0 Å². The first-order valence-electron chi connectivity index (χ1n) is 23.8. The summed E-state index contributed by atoms with van der Waals surface area (Å²) in [5, 5.41) is 2.64. The van der Waals surface area contributed by atoms with Crippen molar-refractivity contribution in [3.63, 3.8) is 0 Å². The van der Waals surface area contributed by atoms with Gasteiger partial charge in [0.1, 0.15) is 0 Å². The standard InChI is InChI=1S/C66H40N2S/c1-3-17-41(18-4-1)42-31-33-43(34-32-42)58-40-59(68-64(67-58)44-19-5-2-6-20-44)45-35-36-48-57(39-45)66(56-37-38-61-63(62(48)56)49-23-9-16-30-60(49)69-61)54-28-14-12-26-52(54)65(53-27-13-15-29-55(53)66)50-24-10-7-21-46(50)47-22-8-11-25-51(47)65/h1-40H. The third kappa shape index (κ3) is 5.20. The van der Waals surface area contributed by atoms with Crippen molar-refractivity contribution in [1.29, 1.82) is 0 Å². The van der Waals surface area contributed by atoms with Crippen molar-refractivity contribution >= 4 is 31.5 Å². The van der Waals surface area contributed by atoms with Gasteiger partial charge in [0.25, 0.3) is 0 Å². The Morgan fingerprint density at radius 1 is 0.290 bits per heavy atom. The van der Waals surface area contributed by atoms with Crippen molar-refractivity contribution in [2.45, 2.75) is 10.8 Å². The van der Waals surface area contributed by atoms with Gasteiger partial charge in [0.15, 0.2) is 5.82 Å². The van der Waals surface area contributed by atoms with Gasteiger partial charge in [-0.3, -0.25) is 0 Å². The van der Waals surface area contributed by atoms with E-state index in [2.05, 4.69) is 243 Å². The minimum absolute atomic E-state index is 0.520. The maximum Gasteiger partial charge on any atom is 0.160 e. The first-order valence-corrected chi connectivity index (χ1v) is 24.6. The van der Waals surface area contributed by atoms with Gasteiger partial charge in [-0.05, 0) is 102 Å². The van der Waals surface area contributed by atoms with Crippen LogP contribution in [-0.4, -0.2) is 9.97 Å². The second kappa shape index (κ2) is 14.5. The Kier molecular flexibility index (Phi) is 8.11.